The van der Waals surface area contributed by atoms with E-state index in [4.69, 9.17) is 11.6 Å². The summed E-state index contributed by atoms with van der Waals surface area (Å²) in [5.41, 5.74) is 2.17. The van der Waals surface area contributed by atoms with Gasteiger partial charge in [-0.25, -0.2) is 4.98 Å². The highest BCUT2D eigenvalue weighted by Gasteiger charge is 2.27. The third-order valence-electron chi connectivity index (χ3n) is 3.52. The largest absolute Gasteiger partial charge is 0.323 e. The molecular weight excluding hydrogens is 246 g/mol. The highest BCUT2D eigenvalue weighted by molar-refractivity contribution is 6.20. The molecule has 0 aliphatic carbocycles. The number of aromatic nitrogens is 3. The standard InChI is InChI=1S/C14H20ClN3/c1-9(15)13-17-11-8-16-7-6-12(11)18(13)10(2)14(3,4)5/h6-10H,1-5H3. The second kappa shape index (κ2) is 4.54. The number of pyridine rings is 1. The van der Waals surface area contributed by atoms with E-state index in [1.165, 1.54) is 0 Å². The van der Waals surface area contributed by atoms with Crippen molar-refractivity contribution in [2.45, 2.75) is 46.0 Å². The lowest BCUT2D eigenvalue weighted by Crippen LogP contribution is -2.23. The molecule has 0 aliphatic heterocycles. The molecule has 0 aromatic carbocycles. The van der Waals surface area contributed by atoms with E-state index in [0.29, 0.717) is 6.04 Å². The van der Waals surface area contributed by atoms with Crippen molar-refractivity contribution in [1.82, 2.24) is 14.5 Å². The van der Waals surface area contributed by atoms with Gasteiger partial charge in [0.2, 0.25) is 0 Å². The molecule has 3 nitrogen and oxygen atoms in total. The molecule has 18 heavy (non-hydrogen) atoms. The molecule has 2 aromatic heterocycles. The summed E-state index contributed by atoms with van der Waals surface area (Å²) in [5.74, 6) is 0.919. The van der Waals surface area contributed by atoms with E-state index < -0.39 is 0 Å². The summed E-state index contributed by atoms with van der Waals surface area (Å²) in [7, 11) is 0. The van der Waals surface area contributed by atoms with Crippen LogP contribution < -0.4 is 0 Å². The van der Waals surface area contributed by atoms with Gasteiger partial charge in [0, 0.05) is 12.2 Å². The van der Waals surface area contributed by atoms with E-state index in [9.17, 15) is 0 Å². The second-order valence-electron chi connectivity index (χ2n) is 5.86. The van der Waals surface area contributed by atoms with E-state index in [1.807, 2.05) is 13.0 Å². The Kier molecular flexibility index (Phi) is 3.37. The quantitative estimate of drug-likeness (QED) is 0.757. The van der Waals surface area contributed by atoms with Crippen LogP contribution in [0.4, 0.5) is 0 Å². The Labute approximate surface area is 113 Å². The molecule has 0 amide bonds. The number of fused-ring (bicyclic) bond motifs is 1. The topological polar surface area (TPSA) is 30.7 Å². The van der Waals surface area contributed by atoms with Gasteiger partial charge < -0.3 is 4.57 Å². The average molecular weight is 266 g/mol. The Morgan fingerprint density at radius 1 is 1.28 bits per heavy atom. The minimum atomic E-state index is -0.109. The molecule has 0 bridgehead atoms. The predicted molar refractivity (Wildman–Crippen MR) is 76.0 cm³/mol. The van der Waals surface area contributed by atoms with Crippen LogP contribution in [0, 0.1) is 5.41 Å². The third-order valence-corrected chi connectivity index (χ3v) is 3.71. The van der Waals surface area contributed by atoms with Crippen molar-refractivity contribution in [3.8, 4) is 0 Å². The maximum atomic E-state index is 6.27. The van der Waals surface area contributed by atoms with E-state index in [-0.39, 0.29) is 10.8 Å². The van der Waals surface area contributed by atoms with Crippen LogP contribution >= 0.6 is 11.6 Å². The van der Waals surface area contributed by atoms with E-state index in [0.717, 1.165) is 16.9 Å². The summed E-state index contributed by atoms with van der Waals surface area (Å²) in [6.07, 6.45) is 3.60. The van der Waals surface area contributed by atoms with Gasteiger partial charge in [0.1, 0.15) is 11.3 Å². The lowest BCUT2D eigenvalue weighted by Gasteiger charge is -2.30. The van der Waals surface area contributed by atoms with Crippen molar-refractivity contribution in [2.24, 2.45) is 5.41 Å². The van der Waals surface area contributed by atoms with Gasteiger partial charge in [-0.1, -0.05) is 20.8 Å². The van der Waals surface area contributed by atoms with Gasteiger partial charge in [-0.3, -0.25) is 4.98 Å². The van der Waals surface area contributed by atoms with Gasteiger partial charge in [0.15, 0.2) is 0 Å². The fraction of sp³-hybridized carbons (Fsp3) is 0.571. The van der Waals surface area contributed by atoms with Crippen molar-refractivity contribution < 1.29 is 0 Å². The van der Waals surface area contributed by atoms with E-state index in [1.54, 1.807) is 12.4 Å². The normalized spacial score (nSPS) is 15.9. The number of hydrogen-bond donors (Lipinski definition) is 0. The molecule has 2 heterocycles. The lowest BCUT2D eigenvalue weighted by atomic mass is 9.87. The van der Waals surface area contributed by atoms with Crippen LogP contribution in [-0.4, -0.2) is 14.5 Å². The highest BCUT2D eigenvalue weighted by Crippen LogP contribution is 2.36. The number of nitrogens with zero attached hydrogens (tertiary/aromatic N) is 3. The molecule has 0 saturated carbocycles. The molecule has 98 valence electrons. The molecule has 2 rings (SSSR count). The summed E-state index contributed by atoms with van der Waals surface area (Å²) in [4.78, 5) is 8.74. The van der Waals surface area contributed by atoms with Gasteiger partial charge in [-0.05, 0) is 25.3 Å². The first-order valence-electron chi connectivity index (χ1n) is 6.28. The zero-order valence-electron chi connectivity index (χ0n) is 11.6. The third kappa shape index (κ3) is 2.24. The maximum absolute atomic E-state index is 6.27. The van der Waals surface area contributed by atoms with Crippen molar-refractivity contribution in [2.75, 3.05) is 0 Å². The summed E-state index contributed by atoms with van der Waals surface area (Å²) in [6, 6.07) is 2.33. The fourth-order valence-electron chi connectivity index (χ4n) is 2.04. The summed E-state index contributed by atoms with van der Waals surface area (Å²) >= 11 is 6.27. The van der Waals surface area contributed by atoms with Crippen LogP contribution in [0.5, 0.6) is 0 Å². The summed E-state index contributed by atoms with van der Waals surface area (Å²) in [5, 5.41) is -0.109. The number of halogens is 1. The zero-order valence-corrected chi connectivity index (χ0v) is 12.4. The van der Waals surface area contributed by atoms with Gasteiger partial charge in [0.25, 0.3) is 0 Å². The average Bonchev–Trinajstić information content (AvgIpc) is 2.65. The Balaban J connectivity index is 2.69. The van der Waals surface area contributed by atoms with E-state index >= 15 is 0 Å². The smallest absolute Gasteiger partial charge is 0.128 e. The molecule has 2 atom stereocenters. The van der Waals surface area contributed by atoms with Gasteiger partial charge in [-0.15, -0.1) is 11.6 Å². The summed E-state index contributed by atoms with van der Waals surface area (Å²) < 4.78 is 2.24. The molecule has 2 aromatic rings. The number of imidazole rings is 1. The van der Waals surface area contributed by atoms with Crippen LogP contribution in [0.2, 0.25) is 0 Å². The first-order valence-corrected chi connectivity index (χ1v) is 6.72. The van der Waals surface area contributed by atoms with Gasteiger partial charge in [0.05, 0.1) is 17.1 Å². The SMILES string of the molecule is CC(Cl)c1nc2cnccc2n1C(C)C(C)(C)C. The Hall–Kier alpha value is -1.09. The molecule has 0 N–H and O–H groups in total. The number of hydrogen-bond acceptors (Lipinski definition) is 2. The second-order valence-corrected chi connectivity index (χ2v) is 6.52. The van der Waals surface area contributed by atoms with Crippen LogP contribution in [0.1, 0.15) is 51.9 Å². The Morgan fingerprint density at radius 3 is 2.50 bits per heavy atom. The monoisotopic (exact) mass is 265 g/mol. The highest BCUT2D eigenvalue weighted by atomic mass is 35.5. The van der Waals surface area contributed by atoms with Crippen molar-refractivity contribution >= 4 is 22.6 Å². The molecule has 0 spiro atoms. The van der Waals surface area contributed by atoms with Crippen LogP contribution in [0.15, 0.2) is 18.5 Å². The molecule has 0 saturated heterocycles. The minimum Gasteiger partial charge on any atom is -0.323 e. The molecule has 0 aliphatic rings. The van der Waals surface area contributed by atoms with Crippen LogP contribution in [0.3, 0.4) is 0 Å². The van der Waals surface area contributed by atoms with Gasteiger partial charge >= 0.3 is 0 Å². The van der Waals surface area contributed by atoms with Crippen molar-refractivity contribution in [1.29, 1.82) is 0 Å². The zero-order chi connectivity index (χ0) is 13.5. The minimum absolute atomic E-state index is 0.109. The Morgan fingerprint density at radius 2 is 1.94 bits per heavy atom. The molecule has 0 fully saturated rings. The Bertz CT molecular complexity index is 552. The molecule has 2 unspecified atom stereocenters. The fourth-order valence-corrected chi connectivity index (χ4v) is 2.20. The van der Waals surface area contributed by atoms with Crippen molar-refractivity contribution in [3.63, 3.8) is 0 Å². The maximum Gasteiger partial charge on any atom is 0.128 e. The van der Waals surface area contributed by atoms with E-state index in [2.05, 4.69) is 42.2 Å². The van der Waals surface area contributed by atoms with Crippen LogP contribution in [-0.2, 0) is 0 Å². The van der Waals surface area contributed by atoms with Crippen LogP contribution in [0.25, 0.3) is 11.0 Å². The number of rotatable bonds is 2. The number of alkyl halides is 1. The van der Waals surface area contributed by atoms with Gasteiger partial charge in [-0.2, -0.15) is 0 Å². The summed E-state index contributed by atoms with van der Waals surface area (Å²) in [6.45, 7) is 10.9. The molecular formula is C14H20ClN3. The lowest BCUT2D eigenvalue weighted by molar-refractivity contribution is 0.262. The van der Waals surface area contributed by atoms with Crippen molar-refractivity contribution in [3.05, 3.63) is 24.3 Å². The predicted octanol–water partition coefficient (Wildman–Crippen LogP) is 4.34. The first kappa shape index (κ1) is 13.3. The molecule has 4 heteroatoms. The first-order chi connectivity index (χ1) is 8.32. The molecule has 0 radical (unpaired) electrons.